The van der Waals surface area contributed by atoms with Crippen LogP contribution in [0.4, 0.5) is 18.9 Å². The topological polar surface area (TPSA) is 89.1 Å². The van der Waals surface area contributed by atoms with Gasteiger partial charge in [0.1, 0.15) is 11.5 Å². The zero-order valence-electron chi connectivity index (χ0n) is 13.2. The Morgan fingerprint density at radius 1 is 1.24 bits per heavy atom. The van der Waals surface area contributed by atoms with E-state index in [4.69, 9.17) is 10.5 Å². The largest absolute Gasteiger partial charge is 0.573 e. The first-order valence-corrected chi connectivity index (χ1v) is 7.06. The molecule has 0 radical (unpaired) electrons. The number of hydrogen-bond acceptors (Lipinski definition) is 4. The molecule has 0 heterocycles. The lowest BCUT2D eigenvalue weighted by Gasteiger charge is -2.14. The number of benzene rings is 2. The van der Waals surface area contributed by atoms with Crippen molar-refractivity contribution in [2.45, 2.75) is 12.9 Å². The molecule has 0 saturated carbocycles. The predicted octanol–water partition coefficient (Wildman–Crippen LogP) is 3.23. The molecular weight excluding hydrogens is 339 g/mol. The van der Waals surface area contributed by atoms with Gasteiger partial charge in [0.05, 0.1) is 19.3 Å². The predicted molar refractivity (Wildman–Crippen MR) is 86.7 cm³/mol. The van der Waals surface area contributed by atoms with Gasteiger partial charge in [-0.1, -0.05) is 12.1 Å². The van der Waals surface area contributed by atoms with Gasteiger partial charge < -0.3 is 25.6 Å². The third-order valence-electron chi connectivity index (χ3n) is 3.08. The second-order valence-electron chi connectivity index (χ2n) is 4.87. The molecule has 4 N–H and O–H groups in total. The van der Waals surface area contributed by atoms with Gasteiger partial charge in [0, 0.05) is 5.56 Å². The number of aliphatic imine (C=N–C) groups is 1. The van der Waals surface area contributed by atoms with E-state index in [2.05, 4.69) is 15.0 Å². The van der Waals surface area contributed by atoms with Crippen LogP contribution in [-0.2, 0) is 6.54 Å². The first kappa shape index (κ1) is 18.2. The number of guanidine groups is 1. The Morgan fingerprint density at radius 2 is 1.96 bits per heavy atom. The molecule has 0 spiro atoms. The minimum absolute atomic E-state index is 0.00171. The number of nitrogens with two attached hydrogens (primary N) is 1. The maximum absolute atomic E-state index is 12.4. The van der Waals surface area contributed by atoms with Crippen molar-refractivity contribution in [2.24, 2.45) is 10.7 Å². The maximum atomic E-state index is 12.4. The number of phenolic OH excluding ortho intramolecular Hbond substituents is 1. The van der Waals surface area contributed by atoms with Crippen LogP contribution < -0.4 is 20.5 Å². The highest BCUT2D eigenvalue weighted by molar-refractivity contribution is 5.93. The van der Waals surface area contributed by atoms with Gasteiger partial charge >= 0.3 is 6.36 Å². The first-order valence-electron chi connectivity index (χ1n) is 7.06. The Kier molecular flexibility index (Phi) is 5.58. The van der Waals surface area contributed by atoms with Crippen LogP contribution in [0.1, 0.15) is 5.56 Å². The van der Waals surface area contributed by atoms with E-state index in [1.165, 1.54) is 31.4 Å². The van der Waals surface area contributed by atoms with Crippen LogP contribution in [0.5, 0.6) is 17.2 Å². The standard InChI is InChI=1S/C16H16F3N3O3/c1-24-11-6-7-13(23)10(8-11)9-21-15(20)22-12-4-2-3-5-14(12)25-16(17,18)19/h2-8,23H,9H2,1H3,(H3,20,21,22). The van der Waals surface area contributed by atoms with Crippen LogP contribution >= 0.6 is 0 Å². The molecular formula is C16H16F3N3O3. The number of phenols is 1. The fourth-order valence-corrected chi connectivity index (χ4v) is 1.95. The molecule has 2 aromatic carbocycles. The van der Waals surface area contributed by atoms with E-state index < -0.39 is 12.1 Å². The summed E-state index contributed by atoms with van der Waals surface area (Å²) >= 11 is 0. The van der Waals surface area contributed by atoms with E-state index in [0.29, 0.717) is 11.3 Å². The summed E-state index contributed by atoms with van der Waals surface area (Å²) in [5.74, 6) is -0.0468. The molecule has 0 amide bonds. The Morgan fingerprint density at radius 3 is 2.64 bits per heavy atom. The molecule has 0 bridgehead atoms. The molecule has 25 heavy (non-hydrogen) atoms. The van der Waals surface area contributed by atoms with Crippen molar-refractivity contribution in [2.75, 3.05) is 12.4 Å². The van der Waals surface area contributed by atoms with Gasteiger partial charge in [0.2, 0.25) is 0 Å². The fraction of sp³-hybridized carbons (Fsp3) is 0.188. The second kappa shape index (κ2) is 7.65. The van der Waals surface area contributed by atoms with E-state index in [9.17, 15) is 18.3 Å². The molecule has 0 fully saturated rings. The smallest absolute Gasteiger partial charge is 0.508 e. The highest BCUT2D eigenvalue weighted by Crippen LogP contribution is 2.30. The number of halogens is 3. The quantitative estimate of drug-likeness (QED) is 0.566. The summed E-state index contributed by atoms with van der Waals surface area (Å²) in [6.45, 7) is 0.00413. The molecule has 0 saturated heterocycles. The minimum atomic E-state index is -4.82. The average Bonchev–Trinajstić information content (AvgIpc) is 2.54. The monoisotopic (exact) mass is 355 g/mol. The summed E-state index contributed by atoms with van der Waals surface area (Å²) in [5.41, 5.74) is 6.15. The zero-order chi connectivity index (χ0) is 18.4. The molecule has 2 rings (SSSR count). The van der Waals surface area contributed by atoms with Crippen LogP contribution in [0.2, 0.25) is 0 Å². The number of ether oxygens (including phenoxy) is 2. The van der Waals surface area contributed by atoms with Gasteiger partial charge in [0.25, 0.3) is 0 Å². The number of para-hydroxylation sites is 2. The lowest BCUT2D eigenvalue weighted by molar-refractivity contribution is -0.274. The number of nitrogens with zero attached hydrogens (tertiary/aromatic N) is 1. The van der Waals surface area contributed by atoms with E-state index in [0.717, 1.165) is 6.07 Å². The van der Waals surface area contributed by atoms with Gasteiger partial charge in [-0.3, -0.25) is 0 Å². The number of alkyl halides is 3. The SMILES string of the molecule is COc1ccc(O)c(CN=C(N)Nc2ccccc2OC(F)(F)F)c1. The van der Waals surface area contributed by atoms with Gasteiger partial charge in [-0.25, -0.2) is 4.99 Å². The van der Waals surface area contributed by atoms with E-state index in [1.54, 1.807) is 12.1 Å². The Labute approximate surface area is 141 Å². The molecule has 0 aliphatic rings. The summed E-state index contributed by atoms with van der Waals surface area (Å²) in [7, 11) is 1.48. The van der Waals surface area contributed by atoms with Crippen molar-refractivity contribution in [3.8, 4) is 17.2 Å². The van der Waals surface area contributed by atoms with Crippen LogP contribution in [0.25, 0.3) is 0 Å². The average molecular weight is 355 g/mol. The summed E-state index contributed by atoms with van der Waals surface area (Å²) in [6, 6.07) is 10.0. The zero-order valence-corrected chi connectivity index (χ0v) is 13.2. The third-order valence-corrected chi connectivity index (χ3v) is 3.08. The third kappa shape index (κ3) is 5.48. The first-order chi connectivity index (χ1) is 11.8. The van der Waals surface area contributed by atoms with E-state index in [1.807, 2.05) is 0 Å². The molecule has 0 aliphatic carbocycles. The molecule has 6 nitrogen and oxygen atoms in total. The normalized spacial score (nSPS) is 11.9. The molecule has 0 unspecified atom stereocenters. The number of methoxy groups -OCH3 is 1. The van der Waals surface area contributed by atoms with Gasteiger partial charge in [-0.05, 0) is 30.3 Å². The number of nitrogens with one attached hydrogen (secondary N) is 1. The van der Waals surface area contributed by atoms with Crippen molar-refractivity contribution in [3.05, 3.63) is 48.0 Å². The molecule has 0 atom stereocenters. The van der Waals surface area contributed by atoms with Crippen molar-refractivity contribution in [1.82, 2.24) is 0 Å². The highest BCUT2D eigenvalue weighted by atomic mass is 19.4. The van der Waals surface area contributed by atoms with Crippen LogP contribution in [0, 0.1) is 0 Å². The second-order valence-corrected chi connectivity index (χ2v) is 4.87. The van der Waals surface area contributed by atoms with Crippen LogP contribution in [0.3, 0.4) is 0 Å². The molecule has 9 heteroatoms. The minimum Gasteiger partial charge on any atom is -0.508 e. The molecule has 0 aromatic heterocycles. The highest BCUT2D eigenvalue weighted by Gasteiger charge is 2.32. The fourth-order valence-electron chi connectivity index (χ4n) is 1.95. The molecule has 134 valence electrons. The Bertz CT molecular complexity index is 764. The van der Waals surface area contributed by atoms with Gasteiger partial charge in [-0.15, -0.1) is 13.2 Å². The van der Waals surface area contributed by atoms with Crippen LogP contribution in [0.15, 0.2) is 47.5 Å². The number of aromatic hydroxyl groups is 1. The van der Waals surface area contributed by atoms with Gasteiger partial charge in [-0.2, -0.15) is 0 Å². The number of rotatable bonds is 5. The molecule has 2 aromatic rings. The summed E-state index contributed by atoms with van der Waals surface area (Å²) < 4.78 is 46.1. The van der Waals surface area contributed by atoms with E-state index in [-0.39, 0.29) is 23.9 Å². The number of hydrogen-bond donors (Lipinski definition) is 3. The summed E-state index contributed by atoms with van der Waals surface area (Å²) in [4.78, 5) is 3.99. The Balaban J connectivity index is 2.12. The van der Waals surface area contributed by atoms with Crippen molar-refractivity contribution in [1.29, 1.82) is 0 Å². The van der Waals surface area contributed by atoms with Crippen molar-refractivity contribution >= 4 is 11.6 Å². The lowest BCUT2D eigenvalue weighted by Crippen LogP contribution is -2.24. The van der Waals surface area contributed by atoms with E-state index >= 15 is 0 Å². The Hall–Kier alpha value is -3.10. The number of anilines is 1. The van der Waals surface area contributed by atoms with Crippen molar-refractivity contribution in [3.63, 3.8) is 0 Å². The summed E-state index contributed by atoms with van der Waals surface area (Å²) in [5, 5.41) is 12.3. The van der Waals surface area contributed by atoms with Crippen LogP contribution in [-0.4, -0.2) is 24.5 Å². The van der Waals surface area contributed by atoms with Gasteiger partial charge in [0.15, 0.2) is 11.7 Å². The van der Waals surface area contributed by atoms with Crippen molar-refractivity contribution < 1.29 is 27.8 Å². The lowest BCUT2D eigenvalue weighted by atomic mass is 10.2. The molecule has 0 aliphatic heterocycles. The summed E-state index contributed by atoms with van der Waals surface area (Å²) in [6.07, 6.45) is -4.82. The maximum Gasteiger partial charge on any atom is 0.573 e.